The summed E-state index contributed by atoms with van der Waals surface area (Å²) in [6.45, 7) is 4.16. The fourth-order valence-corrected chi connectivity index (χ4v) is 4.40. The van der Waals surface area contributed by atoms with Crippen LogP contribution in [-0.2, 0) is 9.59 Å². The zero-order valence-electron chi connectivity index (χ0n) is 18.6. The summed E-state index contributed by atoms with van der Waals surface area (Å²) in [4.78, 5) is 37.2. The fraction of sp³-hybridized carbons (Fsp3) is 0.375. The molecule has 0 atom stereocenters. The van der Waals surface area contributed by atoms with Gasteiger partial charge in [-0.25, -0.2) is 4.79 Å². The van der Waals surface area contributed by atoms with Crippen molar-refractivity contribution in [3.63, 3.8) is 0 Å². The van der Waals surface area contributed by atoms with Crippen molar-refractivity contribution in [1.29, 1.82) is 0 Å². The molecule has 0 saturated heterocycles. The summed E-state index contributed by atoms with van der Waals surface area (Å²) in [7, 11) is 0. The van der Waals surface area contributed by atoms with E-state index >= 15 is 0 Å². The summed E-state index contributed by atoms with van der Waals surface area (Å²) in [6, 6.07) is 7.47. The van der Waals surface area contributed by atoms with Crippen LogP contribution in [0.25, 0.3) is 0 Å². The molecule has 1 saturated carbocycles. The van der Waals surface area contributed by atoms with Crippen LogP contribution < -0.4 is 10.1 Å². The van der Waals surface area contributed by atoms with Gasteiger partial charge < -0.3 is 25.2 Å². The summed E-state index contributed by atoms with van der Waals surface area (Å²) in [5.41, 5.74) is 0.908. The standard InChI is InChI=1S/C24H27ClN2O6/c1-3-27(16-7-5-4-6-8-16)23(30)18-13-17(9-10-20(18)28)33-21-14(2)11-15(12-19(21)25)26-22(29)24(31)32/h9-13,16,28H,3-8H2,1-2H3,(H,26,29)(H,31,32). The molecule has 3 rings (SSSR count). The molecule has 2 aromatic carbocycles. The first-order chi connectivity index (χ1) is 15.7. The summed E-state index contributed by atoms with van der Waals surface area (Å²) in [5.74, 6) is -2.58. The van der Waals surface area contributed by atoms with E-state index in [2.05, 4.69) is 5.32 Å². The van der Waals surface area contributed by atoms with Gasteiger partial charge in [-0.15, -0.1) is 0 Å². The molecule has 9 heteroatoms. The van der Waals surface area contributed by atoms with E-state index in [1.807, 2.05) is 6.92 Å². The van der Waals surface area contributed by atoms with Gasteiger partial charge in [-0.05, 0) is 62.6 Å². The zero-order valence-corrected chi connectivity index (χ0v) is 19.3. The number of rotatable bonds is 6. The van der Waals surface area contributed by atoms with E-state index in [1.54, 1.807) is 11.8 Å². The number of aryl methyl sites for hydroxylation is 1. The summed E-state index contributed by atoms with van der Waals surface area (Å²) < 4.78 is 5.91. The highest BCUT2D eigenvalue weighted by Gasteiger charge is 2.27. The number of carbonyl (C=O) groups is 3. The molecule has 2 amide bonds. The highest BCUT2D eigenvalue weighted by Crippen LogP contribution is 2.37. The lowest BCUT2D eigenvalue weighted by Crippen LogP contribution is -2.41. The van der Waals surface area contributed by atoms with E-state index in [4.69, 9.17) is 21.4 Å². The normalized spacial score (nSPS) is 13.9. The van der Waals surface area contributed by atoms with Gasteiger partial charge >= 0.3 is 11.9 Å². The van der Waals surface area contributed by atoms with Crippen LogP contribution in [0.1, 0.15) is 54.9 Å². The van der Waals surface area contributed by atoms with Gasteiger partial charge in [0.25, 0.3) is 5.91 Å². The van der Waals surface area contributed by atoms with E-state index in [0.29, 0.717) is 17.9 Å². The van der Waals surface area contributed by atoms with Crippen LogP contribution >= 0.6 is 11.6 Å². The number of ether oxygens (including phenoxy) is 1. The number of halogens is 1. The maximum Gasteiger partial charge on any atom is 0.394 e. The second-order valence-electron chi connectivity index (χ2n) is 8.03. The molecule has 0 bridgehead atoms. The molecule has 0 spiro atoms. The first-order valence-electron chi connectivity index (χ1n) is 10.9. The van der Waals surface area contributed by atoms with Crippen molar-refractivity contribution in [3.05, 3.63) is 46.5 Å². The number of carbonyl (C=O) groups excluding carboxylic acids is 2. The largest absolute Gasteiger partial charge is 0.507 e. The predicted octanol–water partition coefficient (Wildman–Crippen LogP) is 4.96. The van der Waals surface area contributed by atoms with E-state index in [-0.39, 0.29) is 39.7 Å². The smallest absolute Gasteiger partial charge is 0.394 e. The number of carboxylic acids is 1. The molecule has 1 aliphatic carbocycles. The SMILES string of the molecule is CCN(C(=O)c1cc(Oc2c(C)cc(NC(=O)C(=O)O)cc2Cl)ccc1O)C1CCCCC1. The molecule has 33 heavy (non-hydrogen) atoms. The molecule has 0 aromatic heterocycles. The van der Waals surface area contributed by atoms with E-state index in [9.17, 15) is 19.5 Å². The van der Waals surface area contributed by atoms with Crippen molar-refractivity contribution >= 4 is 35.1 Å². The Balaban J connectivity index is 1.84. The molecule has 0 unspecified atom stereocenters. The average molecular weight is 475 g/mol. The summed E-state index contributed by atoms with van der Waals surface area (Å²) >= 11 is 6.31. The number of aliphatic carboxylic acids is 1. The van der Waals surface area contributed by atoms with Crippen molar-refractivity contribution in [2.24, 2.45) is 0 Å². The topological polar surface area (TPSA) is 116 Å². The molecule has 0 heterocycles. The molecule has 3 N–H and O–H groups in total. The van der Waals surface area contributed by atoms with Gasteiger partial charge in [-0.2, -0.15) is 0 Å². The van der Waals surface area contributed by atoms with Gasteiger partial charge in [0.2, 0.25) is 0 Å². The first kappa shape index (κ1) is 24.4. The third-order valence-electron chi connectivity index (χ3n) is 5.72. The van der Waals surface area contributed by atoms with Gasteiger partial charge in [-0.3, -0.25) is 9.59 Å². The third-order valence-corrected chi connectivity index (χ3v) is 6.00. The molecular weight excluding hydrogens is 448 g/mol. The Labute approximate surface area is 197 Å². The number of amides is 2. The molecule has 2 aromatic rings. The quantitative estimate of drug-likeness (QED) is 0.509. The number of anilines is 1. The number of hydrogen-bond donors (Lipinski definition) is 3. The van der Waals surface area contributed by atoms with Crippen molar-refractivity contribution in [3.8, 4) is 17.2 Å². The minimum absolute atomic E-state index is 0.129. The van der Waals surface area contributed by atoms with Crippen LogP contribution in [0.3, 0.4) is 0 Å². The Kier molecular flexibility index (Phi) is 7.81. The van der Waals surface area contributed by atoms with Crippen LogP contribution in [-0.4, -0.2) is 45.5 Å². The number of carboxylic acid groups (broad SMARTS) is 1. The van der Waals surface area contributed by atoms with Crippen molar-refractivity contribution in [2.45, 2.75) is 52.0 Å². The Morgan fingerprint density at radius 1 is 1.15 bits per heavy atom. The first-order valence-corrected chi connectivity index (χ1v) is 11.2. The molecule has 0 aliphatic heterocycles. The number of nitrogens with one attached hydrogen (secondary N) is 1. The Hall–Kier alpha value is -3.26. The minimum Gasteiger partial charge on any atom is -0.507 e. The molecular formula is C24H27ClN2O6. The van der Waals surface area contributed by atoms with Crippen LogP contribution in [0.2, 0.25) is 5.02 Å². The predicted molar refractivity (Wildman–Crippen MR) is 124 cm³/mol. The fourth-order valence-electron chi connectivity index (χ4n) is 4.10. The second-order valence-corrected chi connectivity index (χ2v) is 8.43. The lowest BCUT2D eigenvalue weighted by molar-refractivity contribution is -0.147. The average Bonchev–Trinajstić information content (AvgIpc) is 2.78. The van der Waals surface area contributed by atoms with E-state index in [1.165, 1.54) is 36.8 Å². The second kappa shape index (κ2) is 10.6. The number of hydrogen-bond acceptors (Lipinski definition) is 5. The monoisotopic (exact) mass is 474 g/mol. The van der Waals surface area contributed by atoms with Crippen molar-refractivity contribution in [1.82, 2.24) is 4.90 Å². The van der Waals surface area contributed by atoms with Gasteiger partial charge in [0, 0.05) is 18.3 Å². The van der Waals surface area contributed by atoms with Gasteiger partial charge in [-0.1, -0.05) is 30.9 Å². The molecule has 8 nitrogen and oxygen atoms in total. The molecule has 0 radical (unpaired) electrons. The van der Waals surface area contributed by atoms with Crippen molar-refractivity contribution in [2.75, 3.05) is 11.9 Å². The minimum atomic E-state index is -1.61. The van der Waals surface area contributed by atoms with Crippen LogP contribution in [0, 0.1) is 6.92 Å². The lowest BCUT2D eigenvalue weighted by Gasteiger charge is -2.33. The van der Waals surface area contributed by atoms with Gasteiger partial charge in [0.1, 0.15) is 17.2 Å². The summed E-state index contributed by atoms with van der Waals surface area (Å²) in [6.07, 6.45) is 5.26. The number of phenolic OH excluding ortho intramolecular Hbond substituents is 1. The van der Waals surface area contributed by atoms with E-state index in [0.717, 1.165) is 25.7 Å². The Bertz CT molecular complexity index is 1040. The van der Waals surface area contributed by atoms with E-state index < -0.39 is 11.9 Å². The van der Waals surface area contributed by atoms with Crippen LogP contribution in [0.5, 0.6) is 17.2 Å². The van der Waals surface area contributed by atoms with Gasteiger partial charge in [0.15, 0.2) is 0 Å². The number of aromatic hydroxyl groups is 1. The third kappa shape index (κ3) is 5.76. The Morgan fingerprint density at radius 3 is 2.45 bits per heavy atom. The maximum absolute atomic E-state index is 13.2. The van der Waals surface area contributed by atoms with Crippen molar-refractivity contribution < 1.29 is 29.3 Å². The molecule has 176 valence electrons. The number of phenols is 1. The highest BCUT2D eigenvalue weighted by molar-refractivity contribution is 6.37. The van der Waals surface area contributed by atoms with Gasteiger partial charge in [0.05, 0.1) is 10.6 Å². The summed E-state index contributed by atoms with van der Waals surface area (Å²) in [5, 5.41) is 21.5. The maximum atomic E-state index is 13.2. The molecule has 1 fully saturated rings. The zero-order chi connectivity index (χ0) is 24.1. The number of benzene rings is 2. The van der Waals surface area contributed by atoms with Crippen LogP contribution in [0.4, 0.5) is 5.69 Å². The Morgan fingerprint density at radius 2 is 1.85 bits per heavy atom. The highest BCUT2D eigenvalue weighted by atomic mass is 35.5. The molecule has 1 aliphatic rings. The lowest BCUT2D eigenvalue weighted by atomic mass is 9.93. The number of nitrogens with zero attached hydrogens (tertiary/aromatic N) is 1. The van der Waals surface area contributed by atoms with Crippen LogP contribution in [0.15, 0.2) is 30.3 Å².